The molecule has 0 aliphatic heterocycles. The molecule has 2 rings (SSSR count). The molecule has 0 aliphatic rings. The summed E-state index contributed by atoms with van der Waals surface area (Å²) >= 11 is 0. The van der Waals surface area contributed by atoms with Gasteiger partial charge in [0.05, 0.1) is 10.5 Å². The largest absolute Gasteiger partial charge is 0.478 e. The predicted molar refractivity (Wildman–Crippen MR) is 78.1 cm³/mol. The second kappa shape index (κ2) is 5.92. The fourth-order valence-corrected chi connectivity index (χ4v) is 2.34. The first-order valence-corrected chi connectivity index (χ1v) is 7.97. The molecule has 2 N–H and O–H groups in total. The van der Waals surface area contributed by atoms with Crippen LogP contribution in [0.1, 0.15) is 15.9 Å². The normalized spacial score (nSPS) is 11.1. The van der Waals surface area contributed by atoms with Gasteiger partial charge in [-0.15, -0.1) is 0 Å². The Labute approximate surface area is 122 Å². The minimum absolute atomic E-state index is 0.153. The van der Waals surface area contributed by atoms with Crippen molar-refractivity contribution in [1.82, 2.24) is 4.98 Å². The van der Waals surface area contributed by atoms with Crippen molar-refractivity contribution in [2.75, 3.05) is 11.6 Å². The number of carboxylic acid groups (broad SMARTS) is 1. The number of benzene rings is 1. The van der Waals surface area contributed by atoms with Crippen molar-refractivity contribution in [1.29, 1.82) is 0 Å². The second-order valence-corrected chi connectivity index (χ2v) is 6.52. The summed E-state index contributed by atoms with van der Waals surface area (Å²) < 4.78 is 22.7. The quantitative estimate of drug-likeness (QED) is 0.874. The van der Waals surface area contributed by atoms with E-state index < -0.39 is 15.8 Å². The van der Waals surface area contributed by atoms with Gasteiger partial charge in [0.15, 0.2) is 9.84 Å². The van der Waals surface area contributed by atoms with E-state index >= 15 is 0 Å². The SMILES string of the molecule is CS(=O)(=O)c1ccc(CNc2cc(C(=O)O)ccn2)cc1. The third-order valence-corrected chi connectivity index (χ3v) is 3.96. The average molecular weight is 306 g/mol. The zero-order chi connectivity index (χ0) is 15.5. The van der Waals surface area contributed by atoms with Gasteiger partial charge in [-0.1, -0.05) is 12.1 Å². The minimum atomic E-state index is -3.20. The fourth-order valence-electron chi connectivity index (χ4n) is 1.71. The molecule has 0 atom stereocenters. The Morgan fingerprint density at radius 2 is 1.90 bits per heavy atom. The smallest absolute Gasteiger partial charge is 0.335 e. The molecule has 1 aromatic heterocycles. The number of hydrogen-bond donors (Lipinski definition) is 2. The van der Waals surface area contributed by atoms with E-state index in [1.165, 1.54) is 30.5 Å². The second-order valence-electron chi connectivity index (χ2n) is 4.50. The summed E-state index contributed by atoms with van der Waals surface area (Å²) in [6.07, 6.45) is 2.57. The van der Waals surface area contributed by atoms with Gasteiger partial charge in [0.1, 0.15) is 5.82 Å². The molecule has 7 heteroatoms. The molecule has 6 nitrogen and oxygen atoms in total. The maximum Gasteiger partial charge on any atom is 0.335 e. The van der Waals surface area contributed by atoms with E-state index in [-0.39, 0.29) is 10.5 Å². The molecule has 0 saturated carbocycles. The Hall–Kier alpha value is -2.41. The molecule has 1 heterocycles. The maximum atomic E-state index is 11.3. The number of sulfone groups is 1. The van der Waals surface area contributed by atoms with Crippen LogP contribution < -0.4 is 5.32 Å². The Morgan fingerprint density at radius 1 is 1.24 bits per heavy atom. The summed E-state index contributed by atoms with van der Waals surface area (Å²) in [5.74, 6) is -0.569. The first kappa shape index (κ1) is 15.0. The number of aromatic carboxylic acids is 1. The van der Waals surface area contributed by atoms with Crippen LogP contribution in [-0.2, 0) is 16.4 Å². The van der Waals surface area contributed by atoms with E-state index in [2.05, 4.69) is 10.3 Å². The van der Waals surface area contributed by atoms with Crippen LogP contribution in [0, 0.1) is 0 Å². The highest BCUT2D eigenvalue weighted by molar-refractivity contribution is 7.90. The van der Waals surface area contributed by atoms with Gasteiger partial charge in [0.2, 0.25) is 0 Å². The van der Waals surface area contributed by atoms with Crippen molar-refractivity contribution < 1.29 is 18.3 Å². The third kappa shape index (κ3) is 4.03. The molecule has 21 heavy (non-hydrogen) atoms. The number of nitrogens with one attached hydrogen (secondary N) is 1. The van der Waals surface area contributed by atoms with Gasteiger partial charge in [-0.05, 0) is 29.8 Å². The lowest BCUT2D eigenvalue weighted by molar-refractivity contribution is 0.0697. The first-order valence-electron chi connectivity index (χ1n) is 6.08. The molecule has 0 unspecified atom stereocenters. The molecule has 0 radical (unpaired) electrons. The molecule has 0 aliphatic carbocycles. The van der Waals surface area contributed by atoms with Crippen LogP contribution >= 0.6 is 0 Å². The Balaban J connectivity index is 2.06. The lowest BCUT2D eigenvalue weighted by Gasteiger charge is -2.07. The molecule has 1 aromatic carbocycles. The molecule has 2 aromatic rings. The number of anilines is 1. The molecule has 0 spiro atoms. The lowest BCUT2D eigenvalue weighted by atomic mass is 10.2. The summed E-state index contributed by atoms with van der Waals surface area (Å²) in [5, 5.41) is 11.9. The van der Waals surface area contributed by atoms with E-state index in [0.717, 1.165) is 11.8 Å². The van der Waals surface area contributed by atoms with E-state index in [0.29, 0.717) is 12.4 Å². The van der Waals surface area contributed by atoms with Gasteiger partial charge >= 0.3 is 5.97 Å². The predicted octanol–water partition coefficient (Wildman–Crippen LogP) is 1.80. The van der Waals surface area contributed by atoms with E-state index in [1.54, 1.807) is 12.1 Å². The zero-order valence-corrected chi connectivity index (χ0v) is 12.1. The van der Waals surface area contributed by atoms with Crippen molar-refractivity contribution in [3.8, 4) is 0 Å². The average Bonchev–Trinajstić information content (AvgIpc) is 2.45. The van der Waals surface area contributed by atoms with Gasteiger partial charge in [-0.3, -0.25) is 0 Å². The number of carbonyl (C=O) groups is 1. The fraction of sp³-hybridized carbons (Fsp3) is 0.143. The standard InChI is InChI=1S/C14H14N2O4S/c1-21(19,20)12-4-2-10(3-5-12)9-16-13-8-11(14(17)18)6-7-15-13/h2-8H,9H2,1H3,(H,15,16)(H,17,18). The summed E-state index contributed by atoms with van der Waals surface area (Å²) in [4.78, 5) is 15.1. The molecule has 0 fully saturated rings. The highest BCUT2D eigenvalue weighted by atomic mass is 32.2. The van der Waals surface area contributed by atoms with Gasteiger partial charge in [-0.25, -0.2) is 18.2 Å². The van der Waals surface area contributed by atoms with Gasteiger partial charge < -0.3 is 10.4 Å². The number of hydrogen-bond acceptors (Lipinski definition) is 5. The molecule has 0 saturated heterocycles. The zero-order valence-electron chi connectivity index (χ0n) is 11.3. The summed E-state index contributed by atoms with van der Waals surface area (Å²) in [5.41, 5.74) is 1.02. The van der Waals surface area contributed by atoms with Crippen LogP contribution in [0.2, 0.25) is 0 Å². The highest BCUT2D eigenvalue weighted by Crippen LogP contribution is 2.12. The van der Waals surface area contributed by atoms with Crippen LogP contribution in [0.15, 0.2) is 47.5 Å². The van der Waals surface area contributed by atoms with Crippen molar-refractivity contribution in [3.63, 3.8) is 0 Å². The number of aromatic nitrogens is 1. The minimum Gasteiger partial charge on any atom is -0.478 e. The van der Waals surface area contributed by atoms with E-state index in [9.17, 15) is 13.2 Å². The van der Waals surface area contributed by atoms with Gasteiger partial charge in [0, 0.05) is 19.0 Å². The van der Waals surface area contributed by atoms with Crippen molar-refractivity contribution in [2.24, 2.45) is 0 Å². The summed E-state index contributed by atoms with van der Waals surface area (Å²) in [7, 11) is -3.20. The number of rotatable bonds is 5. The Kier molecular flexibility index (Phi) is 4.23. The van der Waals surface area contributed by atoms with Crippen LogP contribution in [0.5, 0.6) is 0 Å². The van der Waals surface area contributed by atoms with Crippen LogP contribution in [0.4, 0.5) is 5.82 Å². The monoisotopic (exact) mass is 306 g/mol. The number of nitrogens with zero attached hydrogens (tertiary/aromatic N) is 1. The third-order valence-electron chi connectivity index (χ3n) is 2.83. The van der Waals surface area contributed by atoms with Crippen molar-refractivity contribution in [3.05, 3.63) is 53.7 Å². The molecular formula is C14H14N2O4S. The van der Waals surface area contributed by atoms with Gasteiger partial charge in [-0.2, -0.15) is 0 Å². The number of carboxylic acids is 1. The first-order chi connectivity index (χ1) is 9.86. The number of pyridine rings is 1. The molecule has 110 valence electrons. The van der Waals surface area contributed by atoms with Crippen LogP contribution in [-0.4, -0.2) is 30.7 Å². The molecule has 0 amide bonds. The van der Waals surface area contributed by atoms with E-state index in [4.69, 9.17) is 5.11 Å². The van der Waals surface area contributed by atoms with Crippen LogP contribution in [0.3, 0.4) is 0 Å². The lowest BCUT2D eigenvalue weighted by Crippen LogP contribution is -2.04. The van der Waals surface area contributed by atoms with Crippen LogP contribution in [0.25, 0.3) is 0 Å². The molecule has 0 bridgehead atoms. The Bertz CT molecular complexity index is 755. The topological polar surface area (TPSA) is 96.4 Å². The highest BCUT2D eigenvalue weighted by Gasteiger charge is 2.07. The van der Waals surface area contributed by atoms with Crippen molar-refractivity contribution in [2.45, 2.75) is 11.4 Å². The van der Waals surface area contributed by atoms with E-state index in [1.807, 2.05) is 0 Å². The van der Waals surface area contributed by atoms with Gasteiger partial charge in [0.25, 0.3) is 0 Å². The summed E-state index contributed by atoms with van der Waals surface area (Å²) in [6, 6.07) is 9.32. The summed E-state index contributed by atoms with van der Waals surface area (Å²) in [6.45, 7) is 0.417. The molecular weight excluding hydrogens is 292 g/mol. The Morgan fingerprint density at radius 3 is 2.48 bits per heavy atom. The van der Waals surface area contributed by atoms with Crippen molar-refractivity contribution >= 4 is 21.6 Å². The maximum absolute atomic E-state index is 11.3.